The highest BCUT2D eigenvalue weighted by Gasteiger charge is 2.25. The number of nitro benzene ring substituents is 1. The lowest BCUT2D eigenvalue weighted by atomic mass is 10.0. The molecular formula is C24H28N2O5. The van der Waals surface area contributed by atoms with Gasteiger partial charge in [0.05, 0.1) is 10.5 Å². The number of ketones is 1. The maximum absolute atomic E-state index is 12.6. The first-order chi connectivity index (χ1) is 14.9. The molecule has 0 spiro atoms. The summed E-state index contributed by atoms with van der Waals surface area (Å²) in [5.74, 6) is -1.07. The van der Waals surface area contributed by atoms with Crippen molar-refractivity contribution in [1.82, 2.24) is 0 Å². The zero-order valence-electron chi connectivity index (χ0n) is 18.0. The van der Waals surface area contributed by atoms with Crippen LogP contribution in [0.1, 0.15) is 65.8 Å². The predicted octanol–water partition coefficient (Wildman–Crippen LogP) is 4.97. The summed E-state index contributed by atoms with van der Waals surface area (Å²) >= 11 is 0. The quantitative estimate of drug-likeness (QED) is 0.270. The van der Waals surface area contributed by atoms with Crippen molar-refractivity contribution in [3.05, 3.63) is 69.3 Å². The molecule has 1 saturated heterocycles. The molecule has 1 heterocycles. The van der Waals surface area contributed by atoms with Crippen molar-refractivity contribution in [2.24, 2.45) is 0 Å². The van der Waals surface area contributed by atoms with Crippen LogP contribution in [0.4, 0.5) is 11.4 Å². The summed E-state index contributed by atoms with van der Waals surface area (Å²) in [6, 6.07) is 11.5. The van der Waals surface area contributed by atoms with E-state index in [9.17, 15) is 19.7 Å². The molecule has 0 N–H and O–H groups in total. The second-order valence-corrected chi connectivity index (χ2v) is 7.82. The molecular weight excluding hydrogens is 396 g/mol. The van der Waals surface area contributed by atoms with Crippen molar-refractivity contribution in [2.75, 3.05) is 18.0 Å². The lowest BCUT2D eigenvalue weighted by Gasteiger charge is -2.22. The van der Waals surface area contributed by atoms with Crippen LogP contribution in [0.15, 0.2) is 42.5 Å². The Labute approximate surface area is 182 Å². The molecule has 1 atom stereocenters. The molecule has 3 rings (SSSR count). The number of Topliss-reactive ketones (excluding diaryl/α,β-unsaturated/α-hetero) is 1. The van der Waals surface area contributed by atoms with Crippen molar-refractivity contribution < 1.29 is 19.2 Å². The topological polar surface area (TPSA) is 89.8 Å². The summed E-state index contributed by atoms with van der Waals surface area (Å²) in [6.45, 7) is 5.05. The molecule has 0 amide bonds. The lowest BCUT2D eigenvalue weighted by molar-refractivity contribution is -0.384. The first kappa shape index (κ1) is 22.5. The van der Waals surface area contributed by atoms with Crippen LogP contribution in [0.5, 0.6) is 0 Å². The van der Waals surface area contributed by atoms with Crippen LogP contribution in [-0.4, -0.2) is 35.9 Å². The molecule has 164 valence electrons. The van der Waals surface area contributed by atoms with Gasteiger partial charge < -0.3 is 9.64 Å². The number of ether oxygens (including phenoxy) is 1. The number of carbonyl (C=O) groups excluding carboxylic acids is 2. The fourth-order valence-electron chi connectivity index (χ4n) is 3.80. The van der Waals surface area contributed by atoms with Gasteiger partial charge in [-0.05, 0) is 43.9 Å². The van der Waals surface area contributed by atoms with Crippen LogP contribution < -0.4 is 4.90 Å². The number of nitro groups is 1. The molecule has 31 heavy (non-hydrogen) atoms. The van der Waals surface area contributed by atoms with Crippen molar-refractivity contribution in [3.63, 3.8) is 0 Å². The first-order valence-electron chi connectivity index (χ1n) is 10.8. The summed E-state index contributed by atoms with van der Waals surface area (Å²) in [7, 11) is 0. The number of rotatable bonds is 7. The Hall–Kier alpha value is -3.22. The van der Waals surface area contributed by atoms with E-state index in [-0.39, 0.29) is 17.0 Å². The van der Waals surface area contributed by atoms with E-state index in [0.29, 0.717) is 11.3 Å². The van der Waals surface area contributed by atoms with Gasteiger partial charge in [0.25, 0.3) is 5.69 Å². The van der Waals surface area contributed by atoms with Gasteiger partial charge in [0.15, 0.2) is 6.10 Å². The molecule has 7 nitrogen and oxygen atoms in total. The van der Waals surface area contributed by atoms with E-state index in [1.807, 2.05) is 24.0 Å². The maximum Gasteiger partial charge on any atom is 0.339 e. The van der Waals surface area contributed by atoms with Gasteiger partial charge in [0, 0.05) is 24.7 Å². The summed E-state index contributed by atoms with van der Waals surface area (Å²) in [4.78, 5) is 38.4. The average Bonchev–Trinajstić information content (AvgIpc) is 3.07. The molecule has 0 radical (unpaired) electrons. The third kappa shape index (κ3) is 5.48. The van der Waals surface area contributed by atoms with E-state index in [1.165, 1.54) is 19.1 Å². The summed E-state index contributed by atoms with van der Waals surface area (Å²) in [5.41, 5.74) is 2.03. The number of nitrogens with zero attached hydrogens (tertiary/aromatic N) is 2. The number of hydrogen-bond donors (Lipinski definition) is 0. The molecule has 0 aromatic heterocycles. The van der Waals surface area contributed by atoms with Gasteiger partial charge in [-0.25, -0.2) is 4.79 Å². The van der Waals surface area contributed by atoms with Crippen molar-refractivity contribution >= 4 is 23.1 Å². The van der Waals surface area contributed by atoms with E-state index < -0.39 is 17.0 Å². The number of carbonyl (C=O) groups is 2. The maximum atomic E-state index is 12.6. The Kier molecular flexibility index (Phi) is 7.39. The van der Waals surface area contributed by atoms with Crippen LogP contribution >= 0.6 is 0 Å². The molecule has 2 aromatic rings. The van der Waals surface area contributed by atoms with Crippen molar-refractivity contribution in [2.45, 2.75) is 52.1 Å². The highest BCUT2D eigenvalue weighted by Crippen LogP contribution is 2.31. The van der Waals surface area contributed by atoms with Crippen LogP contribution in [0.25, 0.3) is 0 Å². The van der Waals surface area contributed by atoms with Gasteiger partial charge in [-0.3, -0.25) is 14.9 Å². The standard InChI is InChI=1S/C24H28N2O5/c1-3-18-8-10-19(11-9-18)23(27)17(2)31-24(28)20-12-13-21(22(16-20)26(29)30)25-14-6-4-5-7-15-25/h8-13,16-17H,3-7,14-15H2,1-2H3/t17-/m0/s1. The van der Waals surface area contributed by atoms with E-state index >= 15 is 0 Å². The van der Waals surface area contributed by atoms with E-state index in [4.69, 9.17) is 4.74 Å². The largest absolute Gasteiger partial charge is 0.451 e. The van der Waals surface area contributed by atoms with Crippen LogP contribution in [0.3, 0.4) is 0 Å². The Balaban J connectivity index is 1.75. The van der Waals surface area contributed by atoms with Gasteiger partial charge in [0.1, 0.15) is 5.69 Å². The van der Waals surface area contributed by atoms with Gasteiger partial charge in [-0.2, -0.15) is 0 Å². The molecule has 0 unspecified atom stereocenters. The minimum absolute atomic E-state index is 0.0613. The monoisotopic (exact) mass is 424 g/mol. The predicted molar refractivity (Wildman–Crippen MR) is 119 cm³/mol. The Morgan fingerprint density at radius 3 is 2.23 bits per heavy atom. The van der Waals surface area contributed by atoms with Crippen LogP contribution in [0.2, 0.25) is 0 Å². The highest BCUT2D eigenvalue weighted by atomic mass is 16.6. The number of benzene rings is 2. The third-order valence-corrected chi connectivity index (χ3v) is 5.65. The second kappa shape index (κ2) is 10.2. The third-order valence-electron chi connectivity index (χ3n) is 5.65. The zero-order chi connectivity index (χ0) is 22.4. The zero-order valence-corrected chi connectivity index (χ0v) is 18.0. The van der Waals surface area contributed by atoms with Gasteiger partial charge in [0.2, 0.25) is 5.78 Å². The molecule has 0 saturated carbocycles. The van der Waals surface area contributed by atoms with Crippen LogP contribution in [-0.2, 0) is 11.2 Å². The van der Waals surface area contributed by atoms with Gasteiger partial charge >= 0.3 is 5.97 Å². The molecule has 7 heteroatoms. The Bertz CT molecular complexity index is 947. The smallest absolute Gasteiger partial charge is 0.339 e. The minimum Gasteiger partial charge on any atom is -0.451 e. The molecule has 0 aliphatic carbocycles. The van der Waals surface area contributed by atoms with Crippen LogP contribution in [0, 0.1) is 10.1 Å². The number of esters is 1. The molecule has 1 aliphatic rings. The minimum atomic E-state index is -0.996. The Morgan fingerprint density at radius 1 is 1.03 bits per heavy atom. The number of aryl methyl sites for hydroxylation is 1. The number of anilines is 1. The normalized spacial score (nSPS) is 15.1. The lowest BCUT2D eigenvalue weighted by Crippen LogP contribution is -2.26. The summed E-state index contributed by atoms with van der Waals surface area (Å²) < 4.78 is 5.32. The molecule has 1 fully saturated rings. The van der Waals surface area contributed by atoms with Crippen molar-refractivity contribution in [1.29, 1.82) is 0 Å². The first-order valence-corrected chi connectivity index (χ1v) is 10.8. The molecule has 0 bridgehead atoms. The van der Waals surface area contributed by atoms with E-state index in [1.54, 1.807) is 18.2 Å². The van der Waals surface area contributed by atoms with E-state index in [2.05, 4.69) is 0 Å². The summed E-state index contributed by atoms with van der Waals surface area (Å²) in [5, 5.41) is 11.7. The average molecular weight is 424 g/mol. The SMILES string of the molecule is CCc1ccc(C(=O)[C@H](C)OC(=O)c2ccc(N3CCCCCC3)c([N+](=O)[O-])c2)cc1. The highest BCUT2D eigenvalue weighted by molar-refractivity contribution is 6.01. The fraction of sp³-hybridized carbons (Fsp3) is 0.417. The van der Waals surface area contributed by atoms with E-state index in [0.717, 1.165) is 50.8 Å². The molecule has 1 aliphatic heterocycles. The fourth-order valence-corrected chi connectivity index (χ4v) is 3.80. The van der Waals surface area contributed by atoms with Gasteiger partial charge in [-0.1, -0.05) is 44.0 Å². The van der Waals surface area contributed by atoms with Crippen molar-refractivity contribution in [3.8, 4) is 0 Å². The number of hydrogen-bond acceptors (Lipinski definition) is 6. The summed E-state index contributed by atoms with van der Waals surface area (Å²) in [6.07, 6.45) is 4.07. The Morgan fingerprint density at radius 2 is 1.65 bits per heavy atom. The second-order valence-electron chi connectivity index (χ2n) is 7.82. The van der Waals surface area contributed by atoms with Gasteiger partial charge in [-0.15, -0.1) is 0 Å². The molecule has 2 aromatic carbocycles.